The van der Waals surface area contributed by atoms with Crippen molar-refractivity contribution in [2.75, 3.05) is 6.38 Å². The van der Waals surface area contributed by atoms with Crippen molar-refractivity contribution in [2.45, 2.75) is 0 Å². The quantitative estimate of drug-likeness (QED) is 0.419. The first kappa shape index (κ1) is 25.2. The minimum absolute atomic E-state index is 0.313. The predicted molar refractivity (Wildman–Crippen MR) is 87.1 cm³/mol. The van der Waals surface area contributed by atoms with Gasteiger partial charge in [-0.1, -0.05) is 0 Å². The summed E-state index contributed by atoms with van der Waals surface area (Å²) >= 11 is 4.64. The molecule has 0 heterocycles. The van der Waals surface area contributed by atoms with Gasteiger partial charge < -0.3 is 5.73 Å². The molecule has 0 aromatic heterocycles. The van der Waals surface area contributed by atoms with E-state index in [1.54, 1.807) is 0 Å². The maximum Gasteiger partial charge on any atom is 0.251 e. The molecular weight excluding hydrogens is 426 g/mol. The van der Waals surface area contributed by atoms with Crippen LogP contribution in [0.1, 0.15) is 27.0 Å². The number of nitriles is 3. The van der Waals surface area contributed by atoms with Crippen LogP contribution in [0.15, 0.2) is 12.1 Å². The molecule has 0 saturated heterocycles. The Morgan fingerprint density at radius 1 is 0.793 bits per heavy atom. The molecule has 2 aromatic carbocycles. The number of primary amides is 1. The van der Waals surface area contributed by atoms with Gasteiger partial charge in [0.2, 0.25) is 0 Å². The fourth-order valence-electron chi connectivity index (χ4n) is 1.66. The molecule has 150 valence electrons. The molecule has 0 spiro atoms. The first-order valence-electron chi connectivity index (χ1n) is 6.83. The van der Waals surface area contributed by atoms with E-state index in [0.29, 0.717) is 12.1 Å². The minimum atomic E-state index is -1.63. The Bertz CT molecular complexity index is 1070. The Labute approximate surface area is 164 Å². The molecule has 5 nitrogen and oxygen atoms in total. The van der Waals surface area contributed by atoms with Crippen LogP contribution in [0.5, 0.6) is 0 Å². The van der Waals surface area contributed by atoms with Crippen molar-refractivity contribution in [1.29, 1.82) is 15.8 Å². The Kier molecular flexibility index (Phi) is 9.73. The third-order valence-electron chi connectivity index (χ3n) is 2.92. The van der Waals surface area contributed by atoms with Crippen LogP contribution >= 0.6 is 11.6 Å². The van der Waals surface area contributed by atoms with Crippen LogP contribution in [0.4, 0.5) is 26.3 Å². The highest BCUT2D eigenvalue weighted by Crippen LogP contribution is 2.19. The predicted octanol–water partition coefficient (Wildman–Crippen LogP) is 3.78. The lowest BCUT2D eigenvalue weighted by Gasteiger charge is -2.02. The number of nitrogens with two attached hydrogens (primary N) is 1. The van der Waals surface area contributed by atoms with Gasteiger partial charge in [0.1, 0.15) is 29.3 Å². The van der Waals surface area contributed by atoms with Crippen molar-refractivity contribution in [3.05, 3.63) is 69.3 Å². The molecule has 0 aliphatic carbocycles. The number of alkyl halides is 1. The van der Waals surface area contributed by atoms with E-state index < -0.39 is 63.1 Å². The summed E-state index contributed by atoms with van der Waals surface area (Å²) in [4.78, 5) is 10.5. The van der Waals surface area contributed by atoms with Crippen molar-refractivity contribution in [2.24, 2.45) is 5.73 Å². The highest BCUT2D eigenvalue weighted by molar-refractivity contribution is 6.15. The zero-order valence-corrected chi connectivity index (χ0v) is 14.9. The number of carbonyl (C=O) groups is 1. The van der Waals surface area contributed by atoms with Crippen molar-refractivity contribution in [1.82, 2.24) is 0 Å². The molecule has 0 bridgehead atoms. The molecule has 0 saturated carbocycles. The van der Waals surface area contributed by atoms with E-state index in [9.17, 15) is 31.1 Å². The summed E-state index contributed by atoms with van der Waals surface area (Å²) in [6.45, 7) is 0. The van der Waals surface area contributed by atoms with E-state index in [-0.39, 0.29) is 0 Å². The average Bonchev–Trinajstić information content (AvgIpc) is 2.70. The smallest absolute Gasteiger partial charge is 0.251 e. The van der Waals surface area contributed by atoms with E-state index in [4.69, 9.17) is 15.8 Å². The number of hydrogen-bond donors (Lipinski definition) is 1. The fourth-order valence-corrected chi connectivity index (χ4v) is 1.66. The van der Waals surface area contributed by atoms with Crippen LogP contribution in [0.2, 0.25) is 0 Å². The van der Waals surface area contributed by atoms with Crippen molar-refractivity contribution < 1.29 is 31.1 Å². The number of nitrogens with zero attached hydrogens (tertiary/aromatic N) is 3. The maximum absolute atomic E-state index is 13.0. The number of halogens is 7. The maximum atomic E-state index is 13.0. The molecule has 2 N–H and O–H groups in total. The van der Waals surface area contributed by atoms with E-state index in [1.807, 2.05) is 0 Å². The fraction of sp³-hybridized carbons (Fsp3) is 0.0588. The highest BCUT2D eigenvalue weighted by Gasteiger charge is 2.21. The SMILES string of the molecule is CCl.N#Cc1c(F)c(F)cc(C(N)=O)c1F.N#Cc1cc(F)c(F)c(C#N)c1F. The lowest BCUT2D eigenvalue weighted by molar-refractivity contribution is 0.0995. The molecule has 1 amide bonds. The van der Waals surface area contributed by atoms with Crippen LogP contribution in [-0.2, 0) is 0 Å². The highest BCUT2D eigenvalue weighted by atomic mass is 35.5. The molecule has 12 heteroatoms. The summed E-state index contributed by atoms with van der Waals surface area (Å²) in [5.41, 5.74) is 0.922. The zero-order chi connectivity index (χ0) is 22.9. The van der Waals surface area contributed by atoms with Gasteiger partial charge in [0, 0.05) is 6.38 Å². The molecule has 0 aliphatic heterocycles. The first-order chi connectivity index (χ1) is 13.6. The van der Waals surface area contributed by atoms with Gasteiger partial charge in [-0.2, -0.15) is 15.8 Å². The summed E-state index contributed by atoms with van der Waals surface area (Å²) in [6, 6.07) is 4.27. The molecule has 0 aliphatic rings. The Morgan fingerprint density at radius 2 is 1.21 bits per heavy atom. The van der Waals surface area contributed by atoms with Crippen LogP contribution in [0, 0.1) is 68.9 Å². The Hall–Kier alpha value is -3.75. The van der Waals surface area contributed by atoms with Crippen LogP contribution < -0.4 is 5.73 Å². The molecule has 0 radical (unpaired) electrons. The summed E-state index contributed by atoms with van der Waals surface area (Å²) in [5, 5.41) is 24.8. The van der Waals surface area contributed by atoms with Crippen LogP contribution in [0.25, 0.3) is 0 Å². The number of amides is 1. The van der Waals surface area contributed by atoms with Crippen LogP contribution in [0.3, 0.4) is 0 Å². The third-order valence-corrected chi connectivity index (χ3v) is 2.92. The zero-order valence-electron chi connectivity index (χ0n) is 14.1. The lowest BCUT2D eigenvalue weighted by Crippen LogP contribution is -2.15. The monoisotopic (exact) mass is 432 g/mol. The van der Waals surface area contributed by atoms with Gasteiger partial charge in [0.15, 0.2) is 34.9 Å². The molecule has 0 fully saturated rings. The second kappa shape index (κ2) is 11.2. The number of carbonyl (C=O) groups excluding carboxylic acids is 1. The largest absolute Gasteiger partial charge is 0.366 e. The van der Waals surface area contributed by atoms with Gasteiger partial charge in [-0.25, -0.2) is 26.3 Å². The summed E-state index contributed by atoms with van der Waals surface area (Å²) in [5.74, 6) is -10.1. The third kappa shape index (κ3) is 5.61. The van der Waals surface area contributed by atoms with Crippen molar-refractivity contribution in [3.8, 4) is 18.2 Å². The second-order valence-electron chi connectivity index (χ2n) is 4.52. The Morgan fingerprint density at radius 3 is 1.59 bits per heavy atom. The minimum Gasteiger partial charge on any atom is -0.366 e. The molecule has 0 atom stereocenters. The number of benzene rings is 2. The normalized spacial score (nSPS) is 8.86. The van der Waals surface area contributed by atoms with Crippen LogP contribution in [-0.4, -0.2) is 12.3 Å². The Balaban J connectivity index is 0.000000499. The van der Waals surface area contributed by atoms with Crippen molar-refractivity contribution >= 4 is 17.5 Å². The van der Waals surface area contributed by atoms with Gasteiger partial charge in [-0.05, 0) is 12.1 Å². The van der Waals surface area contributed by atoms with Gasteiger partial charge >= 0.3 is 0 Å². The number of rotatable bonds is 1. The standard InChI is InChI=1S/C8H3F3N2O.C8HF3N2.CH3Cl/c9-5-1-3(8(13)14)6(10)4(2-12)7(5)11;9-6-1-4(2-12)7(10)5(3-13)8(6)11;1-2/h1H,(H2,13,14);1H;1H3. The van der Waals surface area contributed by atoms with Gasteiger partial charge in [0.25, 0.3) is 5.91 Å². The van der Waals surface area contributed by atoms with E-state index in [0.717, 1.165) is 12.1 Å². The molecule has 0 unspecified atom stereocenters. The first-order valence-corrected chi connectivity index (χ1v) is 7.59. The molecule has 2 rings (SSSR count). The number of hydrogen-bond acceptors (Lipinski definition) is 4. The second-order valence-corrected chi connectivity index (χ2v) is 4.52. The van der Waals surface area contributed by atoms with Gasteiger partial charge in [0.05, 0.1) is 11.1 Å². The van der Waals surface area contributed by atoms with E-state index >= 15 is 0 Å². The topological polar surface area (TPSA) is 114 Å². The lowest BCUT2D eigenvalue weighted by atomic mass is 10.1. The molecule has 29 heavy (non-hydrogen) atoms. The van der Waals surface area contributed by atoms with E-state index in [2.05, 4.69) is 17.3 Å². The summed E-state index contributed by atoms with van der Waals surface area (Å²) in [6.07, 6.45) is 1.47. The summed E-state index contributed by atoms with van der Waals surface area (Å²) in [7, 11) is 0. The van der Waals surface area contributed by atoms with Gasteiger partial charge in [-0.3, -0.25) is 4.79 Å². The van der Waals surface area contributed by atoms with E-state index in [1.165, 1.54) is 12.5 Å². The van der Waals surface area contributed by atoms with Crippen molar-refractivity contribution in [3.63, 3.8) is 0 Å². The molecule has 2 aromatic rings. The average molecular weight is 433 g/mol. The van der Waals surface area contributed by atoms with Gasteiger partial charge in [-0.15, -0.1) is 11.6 Å². The summed E-state index contributed by atoms with van der Waals surface area (Å²) < 4.78 is 76.5. The molecular formula is C17H7ClF6N4O.